The molecule has 112 valence electrons. The molecule has 1 N–H and O–H groups in total. The fourth-order valence-corrected chi connectivity index (χ4v) is 2.27. The smallest absolute Gasteiger partial charge is 0.349 e. The van der Waals surface area contributed by atoms with E-state index in [1.807, 2.05) is 12.1 Å². The zero-order chi connectivity index (χ0) is 15.8. The highest BCUT2D eigenvalue weighted by atomic mass is 16.5. The maximum Gasteiger partial charge on any atom is 0.349 e. The molecule has 0 bridgehead atoms. The number of aromatic hydroxyl groups is 1. The first-order chi connectivity index (χ1) is 11.2. The molecule has 2 aromatic heterocycles. The van der Waals surface area contributed by atoms with Crippen LogP contribution in [0.1, 0.15) is 0 Å². The third kappa shape index (κ3) is 2.36. The highest BCUT2D eigenvalue weighted by Crippen LogP contribution is 2.24. The highest BCUT2D eigenvalue weighted by Gasteiger charge is 2.15. The van der Waals surface area contributed by atoms with Gasteiger partial charge in [-0.05, 0) is 36.4 Å². The number of aromatic nitrogens is 2. The van der Waals surface area contributed by atoms with Gasteiger partial charge in [-0.15, -0.1) is 0 Å². The first-order valence-electron chi connectivity index (χ1n) is 6.87. The van der Waals surface area contributed by atoms with E-state index in [0.29, 0.717) is 17.0 Å². The Bertz CT molecular complexity index is 1050. The molecule has 0 amide bonds. The van der Waals surface area contributed by atoms with Gasteiger partial charge in [0.2, 0.25) is 5.82 Å². The molecule has 0 spiro atoms. The molecule has 6 heteroatoms. The quantitative estimate of drug-likeness (QED) is 0.572. The summed E-state index contributed by atoms with van der Waals surface area (Å²) < 4.78 is 10.4. The van der Waals surface area contributed by atoms with Crippen LogP contribution in [0.25, 0.3) is 33.8 Å². The van der Waals surface area contributed by atoms with E-state index in [-0.39, 0.29) is 17.2 Å². The Morgan fingerprint density at radius 2 is 1.78 bits per heavy atom. The fourth-order valence-electron chi connectivity index (χ4n) is 2.27. The molecule has 0 fully saturated rings. The average Bonchev–Trinajstić information content (AvgIpc) is 3.04. The minimum Gasteiger partial charge on any atom is -0.508 e. The number of phenolic OH excluding ortho intramolecular Hbond substituents is 1. The largest absolute Gasteiger partial charge is 0.508 e. The Balaban J connectivity index is 1.81. The first-order valence-corrected chi connectivity index (χ1v) is 6.87. The first kappa shape index (κ1) is 13.3. The summed E-state index contributed by atoms with van der Waals surface area (Å²) in [6.45, 7) is 0. The van der Waals surface area contributed by atoms with Crippen molar-refractivity contribution in [3.8, 4) is 28.6 Å². The lowest BCUT2D eigenvalue weighted by Gasteiger charge is -1.97. The minimum atomic E-state index is -0.537. The number of nitrogens with zero attached hydrogens (tertiary/aromatic N) is 2. The lowest BCUT2D eigenvalue weighted by Crippen LogP contribution is -2.02. The van der Waals surface area contributed by atoms with Gasteiger partial charge in [-0.2, -0.15) is 4.98 Å². The summed E-state index contributed by atoms with van der Waals surface area (Å²) in [6.07, 6.45) is 0. The van der Waals surface area contributed by atoms with Crippen LogP contribution in [0, 0.1) is 0 Å². The number of rotatable bonds is 2. The average molecular weight is 306 g/mol. The summed E-state index contributed by atoms with van der Waals surface area (Å²) in [7, 11) is 0. The summed E-state index contributed by atoms with van der Waals surface area (Å²) in [5.74, 6) is 0.563. The monoisotopic (exact) mass is 306 g/mol. The standard InChI is InChI=1S/C17H10N2O4/c20-12-7-5-10(6-8-12)15-18-16(23-19-15)13-9-11-3-1-2-4-14(11)22-17(13)21/h1-9,20H. The molecule has 0 radical (unpaired) electrons. The number of fused-ring (bicyclic) bond motifs is 1. The Kier molecular flexibility index (Phi) is 2.94. The SMILES string of the molecule is O=c1oc2ccccc2cc1-c1nc(-c2ccc(O)cc2)no1. The molecule has 0 aliphatic carbocycles. The maximum absolute atomic E-state index is 12.1. The van der Waals surface area contributed by atoms with E-state index in [4.69, 9.17) is 8.94 Å². The van der Waals surface area contributed by atoms with Crippen LogP contribution in [0.2, 0.25) is 0 Å². The summed E-state index contributed by atoms with van der Waals surface area (Å²) >= 11 is 0. The normalized spacial score (nSPS) is 11.0. The van der Waals surface area contributed by atoms with Crippen LogP contribution in [-0.4, -0.2) is 15.2 Å². The predicted molar refractivity (Wildman–Crippen MR) is 82.9 cm³/mol. The third-order valence-electron chi connectivity index (χ3n) is 3.42. The van der Waals surface area contributed by atoms with Crippen molar-refractivity contribution in [2.45, 2.75) is 0 Å². The molecule has 2 heterocycles. The van der Waals surface area contributed by atoms with Crippen molar-refractivity contribution in [1.82, 2.24) is 10.1 Å². The van der Waals surface area contributed by atoms with Gasteiger partial charge in [0, 0.05) is 10.9 Å². The van der Waals surface area contributed by atoms with E-state index < -0.39 is 5.63 Å². The van der Waals surface area contributed by atoms with Gasteiger partial charge >= 0.3 is 5.63 Å². The third-order valence-corrected chi connectivity index (χ3v) is 3.42. The summed E-state index contributed by atoms with van der Waals surface area (Å²) in [4.78, 5) is 16.3. The van der Waals surface area contributed by atoms with Crippen molar-refractivity contribution in [1.29, 1.82) is 0 Å². The number of para-hydroxylation sites is 1. The molecule has 4 aromatic rings. The van der Waals surface area contributed by atoms with E-state index >= 15 is 0 Å². The van der Waals surface area contributed by atoms with Crippen LogP contribution in [0.5, 0.6) is 5.75 Å². The Morgan fingerprint density at radius 3 is 2.61 bits per heavy atom. The molecule has 0 atom stereocenters. The van der Waals surface area contributed by atoms with E-state index in [2.05, 4.69) is 10.1 Å². The lowest BCUT2D eigenvalue weighted by atomic mass is 10.2. The maximum atomic E-state index is 12.1. The van der Waals surface area contributed by atoms with E-state index in [0.717, 1.165) is 5.39 Å². The van der Waals surface area contributed by atoms with Crippen LogP contribution in [-0.2, 0) is 0 Å². The fraction of sp³-hybridized carbons (Fsp3) is 0. The predicted octanol–water partition coefficient (Wildman–Crippen LogP) is 3.22. The lowest BCUT2D eigenvalue weighted by molar-refractivity contribution is 0.429. The summed E-state index contributed by atoms with van der Waals surface area (Å²) in [5, 5.41) is 13.9. The van der Waals surface area contributed by atoms with E-state index in [1.54, 1.807) is 30.3 Å². The molecule has 6 nitrogen and oxygen atoms in total. The summed E-state index contributed by atoms with van der Waals surface area (Å²) in [5.41, 5.74) is 0.841. The van der Waals surface area contributed by atoms with Gasteiger partial charge in [0.15, 0.2) is 0 Å². The zero-order valence-corrected chi connectivity index (χ0v) is 11.8. The van der Waals surface area contributed by atoms with E-state index in [1.165, 1.54) is 12.1 Å². The van der Waals surface area contributed by atoms with Gasteiger partial charge < -0.3 is 14.0 Å². The Morgan fingerprint density at radius 1 is 1.00 bits per heavy atom. The van der Waals surface area contributed by atoms with Crippen molar-refractivity contribution in [2.75, 3.05) is 0 Å². The molecular formula is C17H10N2O4. The van der Waals surface area contributed by atoms with Gasteiger partial charge in [0.1, 0.15) is 16.9 Å². The van der Waals surface area contributed by atoms with Crippen molar-refractivity contribution >= 4 is 11.0 Å². The second kappa shape index (κ2) is 5.10. The number of hydrogen-bond donors (Lipinski definition) is 1. The summed E-state index contributed by atoms with van der Waals surface area (Å²) in [6, 6.07) is 15.2. The number of hydrogen-bond acceptors (Lipinski definition) is 6. The topological polar surface area (TPSA) is 89.4 Å². The van der Waals surface area contributed by atoms with Crippen molar-refractivity contribution in [3.05, 3.63) is 65.0 Å². The van der Waals surface area contributed by atoms with E-state index in [9.17, 15) is 9.90 Å². The highest BCUT2D eigenvalue weighted by molar-refractivity contribution is 5.80. The second-order valence-corrected chi connectivity index (χ2v) is 4.96. The van der Waals surface area contributed by atoms with Crippen LogP contribution >= 0.6 is 0 Å². The molecule has 0 aliphatic heterocycles. The van der Waals surface area contributed by atoms with Gasteiger partial charge in [-0.1, -0.05) is 23.4 Å². The van der Waals surface area contributed by atoms with Crippen molar-refractivity contribution in [2.24, 2.45) is 0 Å². The second-order valence-electron chi connectivity index (χ2n) is 4.96. The Hall–Kier alpha value is -3.41. The van der Waals surface area contributed by atoms with Gasteiger partial charge in [-0.25, -0.2) is 4.79 Å². The molecule has 0 saturated carbocycles. The minimum absolute atomic E-state index is 0.0904. The van der Waals surface area contributed by atoms with Gasteiger partial charge in [-0.3, -0.25) is 0 Å². The molecule has 0 unspecified atom stereocenters. The van der Waals surface area contributed by atoms with Crippen LogP contribution in [0.4, 0.5) is 0 Å². The number of benzene rings is 2. The van der Waals surface area contributed by atoms with Crippen LogP contribution < -0.4 is 5.63 Å². The molecule has 4 rings (SSSR count). The van der Waals surface area contributed by atoms with Gasteiger partial charge in [0.25, 0.3) is 5.89 Å². The Labute approximate surface area is 129 Å². The molecule has 23 heavy (non-hydrogen) atoms. The zero-order valence-electron chi connectivity index (χ0n) is 11.8. The molecule has 2 aromatic carbocycles. The molecule has 0 saturated heterocycles. The van der Waals surface area contributed by atoms with Crippen molar-refractivity contribution < 1.29 is 14.0 Å². The van der Waals surface area contributed by atoms with Crippen LogP contribution in [0.3, 0.4) is 0 Å². The van der Waals surface area contributed by atoms with Crippen LogP contribution in [0.15, 0.2) is 68.3 Å². The van der Waals surface area contributed by atoms with Gasteiger partial charge in [0.05, 0.1) is 0 Å². The van der Waals surface area contributed by atoms with Crippen molar-refractivity contribution in [3.63, 3.8) is 0 Å². The number of phenols is 1. The molecular weight excluding hydrogens is 296 g/mol. The molecule has 0 aliphatic rings.